The zero-order chi connectivity index (χ0) is 19.3. The van der Waals surface area contributed by atoms with E-state index in [-0.39, 0.29) is 0 Å². The highest BCUT2D eigenvalue weighted by atomic mass is 15.0. The fourth-order valence-corrected chi connectivity index (χ4v) is 5.12. The van der Waals surface area contributed by atoms with Crippen LogP contribution >= 0.6 is 0 Å². The maximum atomic E-state index is 2.48. The van der Waals surface area contributed by atoms with Gasteiger partial charge in [0.15, 0.2) is 0 Å². The third-order valence-corrected chi connectivity index (χ3v) is 6.50. The molecule has 0 N–H and O–H groups in total. The van der Waals surface area contributed by atoms with Crippen LogP contribution in [0.4, 0.5) is 0 Å². The van der Waals surface area contributed by atoms with Gasteiger partial charge in [0.05, 0.1) is 11.0 Å². The summed E-state index contributed by atoms with van der Waals surface area (Å²) in [6, 6.07) is 21.0. The lowest BCUT2D eigenvalue weighted by molar-refractivity contribution is 0.443. The number of rotatable bonds is 2. The van der Waals surface area contributed by atoms with Gasteiger partial charge >= 0.3 is 0 Å². The molecule has 142 valence electrons. The normalized spacial score (nSPS) is 15.5. The van der Waals surface area contributed by atoms with Crippen LogP contribution in [0.2, 0.25) is 0 Å². The van der Waals surface area contributed by atoms with E-state index in [0.717, 1.165) is 5.92 Å². The Hall–Kier alpha value is -2.54. The fourth-order valence-electron chi connectivity index (χ4n) is 5.12. The molecule has 0 amide bonds. The van der Waals surface area contributed by atoms with Crippen LogP contribution in [0.15, 0.2) is 54.6 Å². The van der Waals surface area contributed by atoms with Gasteiger partial charge in [-0.05, 0) is 87.1 Å². The molecule has 28 heavy (non-hydrogen) atoms. The monoisotopic (exact) mass is 367 g/mol. The van der Waals surface area contributed by atoms with E-state index >= 15 is 0 Å². The maximum Gasteiger partial charge on any atom is 0.0541 e. The summed E-state index contributed by atoms with van der Waals surface area (Å²) >= 11 is 0. The van der Waals surface area contributed by atoms with Crippen molar-refractivity contribution in [1.29, 1.82) is 0 Å². The van der Waals surface area contributed by atoms with Crippen LogP contribution in [0.1, 0.15) is 60.3 Å². The minimum absolute atomic E-state index is 0.727. The van der Waals surface area contributed by atoms with E-state index in [9.17, 15) is 0 Å². The summed E-state index contributed by atoms with van der Waals surface area (Å²) in [5.74, 6) is 0.727. The molecular weight excluding hydrogens is 338 g/mol. The van der Waals surface area contributed by atoms with Crippen molar-refractivity contribution in [2.75, 3.05) is 0 Å². The van der Waals surface area contributed by atoms with Crippen molar-refractivity contribution in [3.05, 3.63) is 76.9 Å². The number of aromatic nitrogens is 1. The molecule has 1 fully saturated rings. The summed E-state index contributed by atoms with van der Waals surface area (Å²) in [5.41, 5.74) is 9.47. The standard InChI is InChI=1S/C27H29N/c1-18-9-11-26-24(15-18)25-16-19(2)10-12-27(25)28(26)23-14-20(3)13-22(17-23)21-7-5-4-6-8-21/h9-17,21H,4-8H2,1-3H3. The molecule has 3 aromatic carbocycles. The summed E-state index contributed by atoms with van der Waals surface area (Å²) in [6.07, 6.45) is 6.84. The smallest absolute Gasteiger partial charge is 0.0541 e. The minimum atomic E-state index is 0.727. The van der Waals surface area contributed by atoms with Gasteiger partial charge in [-0.25, -0.2) is 0 Å². The van der Waals surface area contributed by atoms with Gasteiger partial charge in [-0.15, -0.1) is 0 Å². The Labute approximate surface area is 168 Å². The molecule has 0 aliphatic heterocycles. The molecule has 0 radical (unpaired) electrons. The Morgan fingerprint density at radius 1 is 0.643 bits per heavy atom. The second-order valence-electron chi connectivity index (χ2n) is 8.81. The van der Waals surface area contributed by atoms with Crippen LogP contribution in [0.25, 0.3) is 27.5 Å². The van der Waals surface area contributed by atoms with E-state index in [1.807, 2.05) is 0 Å². The second kappa shape index (κ2) is 6.81. The number of nitrogens with zero attached hydrogens (tertiary/aromatic N) is 1. The second-order valence-corrected chi connectivity index (χ2v) is 8.81. The van der Waals surface area contributed by atoms with E-state index < -0.39 is 0 Å². The lowest BCUT2D eigenvalue weighted by Crippen LogP contribution is -2.06. The van der Waals surface area contributed by atoms with Gasteiger partial charge in [0.25, 0.3) is 0 Å². The van der Waals surface area contributed by atoms with Crippen LogP contribution in [-0.4, -0.2) is 4.57 Å². The van der Waals surface area contributed by atoms with Crippen LogP contribution in [0.3, 0.4) is 0 Å². The first-order valence-corrected chi connectivity index (χ1v) is 10.7. The Kier molecular flexibility index (Phi) is 4.27. The van der Waals surface area contributed by atoms with Gasteiger partial charge in [0.2, 0.25) is 0 Å². The topological polar surface area (TPSA) is 4.93 Å². The molecule has 1 aliphatic carbocycles. The molecule has 4 aromatic rings. The number of hydrogen-bond donors (Lipinski definition) is 0. The maximum absolute atomic E-state index is 2.48. The zero-order valence-electron chi connectivity index (χ0n) is 17.3. The van der Waals surface area contributed by atoms with Crippen molar-refractivity contribution in [3.63, 3.8) is 0 Å². The average molecular weight is 368 g/mol. The van der Waals surface area contributed by atoms with Gasteiger partial charge in [-0.2, -0.15) is 0 Å². The Morgan fingerprint density at radius 3 is 1.86 bits per heavy atom. The van der Waals surface area contributed by atoms with E-state index in [0.29, 0.717) is 0 Å². The number of fused-ring (bicyclic) bond motifs is 3. The van der Waals surface area contributed by atoms with Crippen molar-refractivity contribution in [2.45, 2.75) is 58.8 Å². The molecule has 1 aliphatic rings. The van der Waals surface area contributed by atoms with Gasteiger partial charge in [-0.1, -0.05) is 48.6 Å². The number of benzene rings is 3. The van der Waals surface area contributed by atoms with E-state index in [1.165, 1.54) is 81.9 Å². The van der Waals surface area contributed by atoms with Crippen LogP contribution < -0.4 is 0 Å². The Balaban J connectivity index is 1.77. The summed E-state index contributed by atoms with van der Waals surface area (Å²) in [4.78, 5) is 0. The minimum Gasteiger partial charge on any atom is -0.309 e. The van der Waals surface area contributed by atoms with Gasteiger partial charge in [0.1, 0.15) is 0 Å². The number of hydrogen-bond acceptors (Lipinski definition) is 0. The first-order valence-electron chi connectivity index (χ1n) is 10.7. The zero-order valence-corrected chi connectivity index (χ0v) is 17.3. The highest BCUT2D eigenvalue weighted by Crippen LogP contribution is 2.37. The molecule has 0 saturated heterocycles. The van der Waals surface area contributed by atoms with Crippen molar-refractivity contribution < 1.29 is 0 Å². The highest BCUT2D eigenvalue weighted by molar-refractivity contribution is 6.09. The van der Waals surface area contributed by atoms with Gasteiger partial charge in [0, 0.05) is 16.5 Å². The van der Waals surface area contributed by atoms with Crippen molar-refractivity contribution in [2.24, 2.45) is 0 Å². The third kappa shape index (κ3) is 2.94. The first kappa shape index (κ1) is 17.6. The van der Waals surface area contributed by atoms with Crippen molar-refractivity contribution in [3.8, 4) is 5.69 Å². The fraction of sp³-hybridized carbons (Fsp3) is 0.333. The summed E-state index contributed by atoms with van der Waals surface area (Å²) < 4.78 is 2.48. The highest BCUT2D eigenvalue weighted by Gasteiger charge is 2.18. The Bertz CT molecular complexity index is 1110. The average Bonchev–Trinajstić information content (AvgIpc) is 3.01. The summed E-state index contributed by atoms with van der Waals surface area (Å²) in [6.45, 7) is 6.62. The molecule has 1 saturated carbocycles. The van der Waals surface area contributed by atoms with Gasteiger partial charge in [-0.3, -0.25) is 0 Å². The predicted molar refractivity (Wildman–Crippen MR) is 121 cm³/mol. The molecular formula is C27H29N. The van der Waals surface area contributed by atoms with Crippen LogP contribution in [0, 0.1) is 20.8 Å². The lowest BCUT2D eigenvalue weighted by atomic mass is 9.83. The lowest BCUT2D eigenvalue weighted by Gasteiger charge is -2.23. The predicted octanol–water partition coefficient (Wildman–Crippen LogP) is 7.76. The molecule has 1 heteroatoms. The van der Waals surface area contributed by atoms with E-state index in [2.05, 4.69) is 79.9 Å². The van der Waals surface area contributed by atoms with E-state index in [4.69, 9.17) is 0 Å². The van der Waals surface area contributed by atoms with Crippen molar-refractivity contribution >= 4 is 21.8 Å². The largest absolute Gasteiger partial charge is 0.309 e. The SMILES string of the molecule is Cc1cc(C2CCCCC2)cc(-n2c3ccc(C)cc3c3cc(C)ccc32)c1. The summed E-state index contributed by atoms with van der Waals surface area (Å²) in [7, 11) is 0. The Morgan fingerprint density at radius 2 is 1.25 bits per heavy atom. The molecule has 0 spiro atoms. The molecule has 1 heterocycles. The summed E-state index contributed by atoms with van der Waals surface area (Å²) in [5, 5.41) is 2.72. The quantitative estimate of drug-likeness (QED) is 0.341. The molecule has 0 atom stereocenters. The molecule has 0 unspecified atom stereocenters. The first-order chi connectivity index (χ1) is 13.6. The van der Waals surface area contributed by atoms with Crippen LogP contribution in [0.5, 0.6) is 0 Å². The molecule has 1 nitrogen and oxygen atoms in total. The molecule has 1 aromatic heterocycles. The van der Waals surface area contributed by atoms with Crippen LogP contribution in [-0.2, 0) is 0 Å². The van der Waals surface area contributed by atoms with E-state index in [1.54, 1.807) is 0 Å². The van der Waals surface area contributed by atoms with Crippen molar-refractivity contribution in [1.82, 2.24) is 4.57 Å². The number of aryl methyl sites for hydroxylation is 3. The molecule has 5 rings (SSSR count). The third-order valence-electron chi connectivity index (χ3n) is 6.50. The van der Waals surface area contributed by atoms with Gasteiger partial charge < -0.3 is 4.57 Å². The molecule has 0 bridgehead atoms.